The van der Waals surface area contributed by atoms with E-state index in [9.17, 15) is 9.18 Å². The van der Waals surface area contributed by atoms with Crippen molar-refractivity contribution in [1.29, 1.82) is 5.26 Å². The van der Waals surface area contributed by atoms with E-state index in [4.69, 9.17) is 5.26 Å². The fraction of sp³-hybridized carbons (Fsp3) is 0.125. The zero-order valence-corrected chi connectivity index (χ0v) is 11.5. The second-order valence-electron chi connectivity index (χ2n) is 4.55. The Labute approximate surface area is 122 Å². The van der Waals surface area contributed by atoms with Gasteiger partial charge in [0.25, 0.3) is 0 Å². The third-order valence-corrected chi connectivity index (χ3v) is 2.94. The Hall–Kier alpha value is -2.87. The first-order valence-electron chi connectivity index (χ1n) is 6.38. The average Bonchev–Trinajstić information content (AvgIpc) is 2.49. The average molecular weight is 283 g/mol. The van der Waals surface area contributed by atoms with Gasteiger partial charge in [-0.05, 0) is 48.9 Å². The Morgan fingerprint density at radius 3 is 2.62 bits per heavy atom. The van der Waals surface area contributed by atoms with Crippen molar-refractivity contribution in [2.75, 3.05) is 17.2 Å². The highest BCUT2D eigenvalue weighted by Gasteiger charge is 2.05. The van der Waals surface area contributed by atoms with E-state index in [1.54, 1.807) is 30.3 Å². The zero-order chi connectivity index (χ0) is 15.2. The Bertz CT molecular complexity index is 690. The molecule has 0 bridgehead atoms. The maximum Gasteiger partial charge on any atom is 0.243 e. The highest BCUT2D eigenvalue weighted by atomic mass is 19.1. The van der Waals surface area contributed by atoms with E-state index in [0.29, 0.717) is 16.9 Å². The summed E-state index contributed by atoms with van der Waals surface area (Å²) in [6.07, 6.45) is 0. The minimum atomic E-state index is -0.351. The summed E-state index contributed by atoms with van der Waals surface area (Å²) in [6, 6.07) is 12.9. The topological polar surface area (TPSA) is 64.9 Å². The summed E-state index contributed by atoms with van der Waals surface area (Å²) in [6.45, 7) is 1.87. The van der Waals surface area contributed by atoms with Crippen LogP contribution in [0, 0.1) is 24.1 Å². The first kappa shape index (κ1) is 14.5. The van der Waals surface area contributed by atoms with Crippen LogP contribution in [0.15, 0.2) is 42.5 Å². The highest BCUT2D eigenvalue weighted by molar-refractivity contribution is 5.93. The van der Waals surface area contributed by atoms with E-state index in [1.807, 2.05) is 13.0 Å². The minimum absolute atomic E-state index is 0.0320. The molecule has 0 radical (unpaired) electrons. The molecule has 2 N–H and O–H groups in total. The lowest BCUT2D eigenvalue weighted by Crippen LogP contribution is -2.22. The molecular formula is C16H14FN3O. The van der Waals surface area contributed by atoms with Gasteiger partial charge in [0.05, 0.1) is 18.2 Å². The Balaban J connectivity index is 1.92. The summed E-state index contributed by atoms with van der Waals surface area (Å²) in [5, 5.41) is 14.3. The van der Waals surface area contributed by atoms with E-state index in [2.05, 4.69) is 10.6 Å². The molecule has 0 aromatic heterocycles. The van der Waals surface area contributed by atoms with Crippen LogP contribution < -0.4 is 10.6 Å². The van der Waals surface area contributed by atoms with E-state index in [1.165, 1.54) is 12.1 Å². The maximum atomic E-state index is 13.1. The summed E-state index contributed by atoms with van der Waals surface area (Å²) in [7, 11) is 0. The van der Waals surface area contributed by atoms with Crippen molar-refractivity contribution >= 4 is 17.3 Å². The SMILES string of the molecule is Cc1ccc(F)cc1NCC(=O)Nc1ccc(C#N)cc1. The lowest BCUT2D eigenvalue weighted by molar-refractivity contribution is -0.114. The third-order valence-electron chi connectivity index (χ3n) is 2.94. The number of halogens is 1. The molecule has 4 nitrogen and oxygen atoms in total. The van der Waals surface area contributed by atoms with Crippen molar-refractivity contribution in [1.82, 2.24) is 0 Å². The molecule has 0 fully saturated rings. The molecule has 5 heteroatoms. The fourth-order valence-corrected chi connectivity index (χ4v) is 1.79. The number of benzene rings is 2. The number of amides is 1. The summed E-state index contributed by atoms with van der Waals surface area (Å²) in [4.78, 5) is 11.8. The quantitative estimate of drug-likeness (QED) is 0.906. The van der Waals surface area contributed by atoms with Gasteiger partial charge in [0.2, 0.25) is 5.91 Å². The second-order valence-corrected chi connectivity index (χ2v) is 4.55. The standard InChI is InChI=1S/C16H14FN3O/c1-11-2-5-13(17)8-15(11)19-10-16(21)20-14-6-3-12(9-18)4-7-14/h2-8,19H,10H2,1H3,(H,20,21). The number of anilines is 2. The number of carbonyl (C=O) groups is 1. The normalized spacial score (nSPS) is 9.76. The molecule has 21 heavy (non-hydrogen) atoms. The van der Waals surface area contributed by atoms with Crippen molar-refractivity contribution in [3.63, 3.8) is 0 Å². The van der Waals surface area contributed by atoms with Gasteiger partial charge in [0.1, 0.15) is 5.82 Å². The molecule has 0 saturated carbocycles. The van der Waals surface area contributed by atoms with Gasteiger partial charge in [-0.2, -0.15) is 5.26 Å². The molecule has 0 spiro atoms. The number of nitrogens with one attached hydrogen (secondary N) is 2. The van der Waals surface area contributed by atoms with Crippen molar-refractivity contribution in [3.8, 4) is 6.07 Å². The Morgan fingerprint density at radius 2 is 1.95 bits per heavy atom. The second kappa shape index (κ2) is 6.53. The van der Waals surface area contributed by atoms with Gasteiger partial charge in [-0.1, -0.05) is 6.07 Å². The van der Waals surface area contributed by atoms with E-state index < -0.39 is 0 Å². The van der Waals surface area contributed by atoms with Crippen LogP contribution in [0.5, 0.6) is 0 Å². The molecule has 2 aromatic carbocycles. The van der Waals surface area contributed by atoms with E-state index >= 15 is 0 Å². The van der Waals surface area contributed by atoms with Crippen LogP contribution in [0.2, 0.25) is 0 Å². The summed E-state index contributed by atoms with van der Waals surface area (Å²) in [5.41, 5.74) is 2.59. The number of rotatable bonds is 4. The maximum absolute atomic E-state index is 13.1. The third kappa shape index (κ3) is 4.05. The molecular weight excluding hydrogens is 269 g/mol. The van der Waals surface area contributed by atoms with Gasteiger partial charge in [-0.15, -0.1) is 0 Å². The molecule has 0 atom stereocenters. The fourth-order valence-electron chi connectivity index (χ4n) is 1.79. The van der Waals surface area contributed by atoms with Gasteiger partial charge in [-0.25, -0.2) is 4.39 Å². The molecule has 0 aliphatic carbocycles. The lowest BCUT2D eigenvalue weighted by atomic mass is 10.2. The van der Waals surface area contributed by atoms with Crippen LogP contribution in [0.3, 0.4) is 0 Å². The number of nitrogens with zero attached hydrogens (tertiary/aromatic N) is 1. The smallest absolute Gasteiger partial charge is 0.243 e. The van der Waals surface area contributed by atoms with Crippen LogP contribution in [-0.4, -0.2) is 12.5 Å². The number of hydrogen-bond donors (Lipinski definition) is 2. The number of aryl methyl sites for hydroxylation is 1. The summed E-state index contributed by atoms with van der Waals surface area (Å²) in [5.74, 6) is -0.598. The Kier molecular flexibility index (Phi) is 4.52. The monoisotopic (exact) mass is 283 g/mol. The molecule has 0 saturated heterocycles. The predicted octanol–water partition coefficient (Wildman–Crippen LogP) is 3.06. The number of nitriles is 1. The zero-order valence-electron chi connectivity index (χ0n) is 11.5. The largest absolute Gasteiger partial charge is 0.376 e. The lowest BCUT2D eigenvalue weighted by Gasteiger charge is -2.10. The van der Waals surface area contributed by atoms with Crippen LogP contribution in [0.4, 0.5) is 15.8 Å². The molecule has 2 rings (SSSR count). The molecule has 106 valence electrons. The van der Waals surface area contributed by atoms with Crippen LogP contribution in [0.1, 0.15) is 11.1 Å². The van der Waals surface area contributed by atoms with E-state index in [0.717, 1.165) is 5.56 Å². The van der Waals surface area contributed by atoms with Gasteiger partial charge in [-0.3, -0.25) is 4.79 Å². The first-order valence-corrected chi connectivity index (χ1v) is 6.38. The van der Waals surface area contributed by atoms with Crippen molar-refractivity contribution in [3.05, 3.63) is 59.4 Å². The Morgan fingerprint density at radius 1 is 1.24 bits per heavy atom. The van der Waals surface area contributed by atoms with Crippen molar-refractivity contribution in [2.45, 2.75) is 6.92 Å². The highest BCUT2D eigenvalue weighted by Crippen LogP contribution is 2.15. The van der Waals surface area contributed by atoms with Crippen LogP contribution >= 0.6 is 0 Å². The van der Waals surface area contributed by atoms with Gasteiger partial charge < -0.3 is 10.6 Å². The molecule has 0 aliphatic heterocycles. The van der Waals surface area contributed by atoms with Gasteiger partial charge in [0, 0.05) is 11.4 Å². The van der Waals surface area contributed by atoms with E-state index in [-0.39, 0.29) is 18.3 Å². The van der Waals surface area contributed by atoms with Crippen molar-refractivity contribution < 1.29 is 9.18 Å². The number of hydrogen-bond acceptors (Lipinski definition) is 3. The molecule has 2 aromatic rings. The number of carbonyl (C=O) groups excluding carboxylic acids is 1. The summed E-state index contributed by atoms with van der Waals surface area (Å²) >= 11 is 0. The molecule has 0 heterocycles. The first-order chi connectivity index (χ1) is 10.1. The van der Waals surface area contributed by atoms with Crippen LogP contribution in [0.25, 0.3) is 0 Å². The predicted molar refractivity (Wildman–Crippen MR) is 79.4 cm³/mol. The van der Waals surface area contributed by atoms with Gasteiger partial charge >= 0.3 is 0 Å². The molecule has 1 amide bonds. The van der Waals surface area contributed by atoms with Crippen molar-refractivity contribution in [2.24, 2.45) is 0 Å². The molecule has 0 aliphatic rings. The molecule has 0 unspecified atom stereocenters. The van der Waals surface area contributed by atoms with Crippen LogP contribution in [-0.2, 0) is 4.79 Å². The summed E-state index contributed by atoms with van der Waals surface area (Å²) < 4.78 is 13.1. The van der Waals surface area contributed by atoms with Gasteiger partial charge in [0.15, 0.2) is 0 Å². The minimum Gasteiger partial charge on any atom is -0.376 e.